The first-order chi connectivity index (χ1) is 18.8. The van der Waals surface area contributed by atoms with Gasteiger partial charge in [-0.15, -0.1) is 0 Å². The normalized spacial score (nSPS) is 14.5. The molecule has 1 N–H and O–H groups in total. The number of para-hydroxylation sites is 1. The first kappa shape index (κ1) is 31.5. The van der Waals surface area contributed by atoms with Crippen molar-refractivity contribution in [3.05, 3.63) is 90.0 Å². The van der Waals surface area contributed by atoms with Crippen LogP contribution in [0.1, 0.15) is 91.2 Å². The molecule has 0 saturated carbocycles. The first-order valence-corrected chi connectivity index (χ1v) is 14.7. The van der Waals surface area contributed by atoms with E-state index < -0.39 is 0 Å². The van der Waals surface area contributed by atoms with Gasteiger partial charge < -0.3 is 19.3 Å². The van der Waals surface area contributed by atoms with E-state index in [1.54, 1.807) is 0 Å². The molecule has 0 heterocycles. The topological polar surface area (TPSA) is 47.9 Å². The molecule has 3 unspecified atom stereocenters. The van der Waals surface area contributed by atoms with Crippen molar-refractivity contribution in [1.29, 1.82) is 0 Å². The summed E-state index contributed by atoms with van der Waals surface area (Å²) in [5.41, 5.74) is 2.88. The van der Waals surface area contributed by atoms with Gasteiger partial charge in [0, 0.05) is 0 Å². The number of hydrogen-bond acceptors (Lipinski definition) is 4. The average Bonchev–Trinajstić information content (AvgIpc) is 2.89. The summed E-state index contributed by atoms with van der Waals surface area (Å²) < 4.78 is 17.5. The van der Waals surface area contributed by atoms with Crippen molar-refractivity contribution in [2.45, 2.75) is 86.4 Å². The summed E-state index contributed by atoms with van der Waals surface area (Å²) in [6.45, 7) is 19.2. The molecule has 0 aromatic heterocycles. The van der Waals surface area contributed by atoms with Crippen LogP contribution >= 0.6 is 0 Å². The zero-order valence-corrected chi connectivity index (χ0v) is 25.8. The van der Waals surface area contributed by atoms with E-state index in [0.717, 1.165) is 24.3 Å². The van der Waals surface area contributed by atoms with Gasteiger partial charge in [-0.1, -0.05) is 90.9 Å². The Balaban J connectivity index is 1.64. The summed E-state index contributed by atoms with van der Waals surface area (Å²) in [5.74, 6) is 3.24. The van der Waals surface area contributed by atoms with E-state index in [9.17, 15) is 5.11 Å². The fourth-order valence-electron chi connectivity index (χ4n) is 5.52. The molecule has 0 aliphatic rings. The zero-order valence-electron chi connectivity index (χ0n) is 25.8. The van der Waals surface area contributed by atoms with Crippen molar-refractivity contribution < 1.29 is 19.3 Å². The Morgan fingerprint density at radius 1 is 0.675 bits per heavy atom. The number of phenols is 1. The molecule has 0 bridgehead atoms. The van der Waals surface area contributed by atoms with Crippen molar-refractivity contribution in [2.75, 3.05) is 13.2 Å². The molecule has 0 radical (unpaired) electrons. The summed E-state index contributed by atoms with van der Waals surface area (Å²) in [6.07, 6.45) is 1.78. The van der Waals surface area contributed by atoms with Gasteiger partial charge in [0.1, 0.15) is 23.9 Å². The van der Waals surface area contributed by atoms with Crippen molar-refractivity contribution in [2.24, 2.45) is 16.7 Å². The fraction of sp³-hybridized carbons (Fsp3) is 0.500. The molecular formula is C36H50O4. The minimum Gasteiger partial charge on any atom is -0.508 e. The monoisotopic (exact) mass is 546 g/mol. The predicted octanol–water partition coefficient (Wildman–Crippen LogP) is 9.59. The Bertz CT molecular complexity index is 1130. The molecule has 0 aliphatic carbocycles. The molecule has 0 amide bonds. The third-order valence-corrected chi connectivity index (χ3v) is 7.66. The molecular weight excluding hydrogens is 496 g/mol. The van der Waals surface area contributed by atoms with Crippen LogP contribution in [0.4, 0.5) is 0 Å². The number of rotatable bonds is 14. The second-order valence-corrected chi connectivity index (χ2v) is 13.2. The largest absolute Gasteiger partial charge is 0.508 e. The molecule has 3 aromatic carbocycles. The van der Waals surface area contributed by atoms with E-state index in [-0.39, 0.29) is 17.1 Å². The van der Waals surface area contributed by atoms with E-state index in [2.05, 4.69) is 84.9 Å². The molecule has 3 atom stereocenters. The Morgan fingerprint density at radius 2 is 1.27 bits per heavy atom. The number of benzene rings is 3. The van der Waals surface area contributed by atoms with E-state index in [1.807, 2.05) is 49.4 Å². The molecule has 4 nitrogen and oxygen atoms in total. The summed E-state index contributed by atoms with van der Waals surface area (Å²) in [7, 11) is 0. The third kappa shape index (κ3) is 9.89. The highest BCUT2D eigenvalue weighted by molar-refractivity contribution is 5.32. The van der Waals surface area contributed by atoms with E-state index in [1.165, 1.54) is 11.1 Å². The van der Waals surface area contributed by atoms with Crippen molar-refractivity contribution in [3.63, 3.8) is 0 Å². The van der Waals surface area contributed by atoms with Gasteiger partial charge in [0.2, 0.25) is 0 Å². The van der Waals surface area contributed by atoms with E-state index in [4.69, 9.17) is 14.2 Å². The standard InChI is InChI=1S/C36H50O4/c1-26(2)33(24-36(7,8)34(25-35(4,5)6)29-14-18-30(37)19-15-29)28-16-20-32(21-17-28)40-27(3)38-22-23-39-31-12-10-9-11-13-31/h9-21,26-27,33-34,37H,22-25H2,1-8H3. The molecule has 3 rings (SSSR count). The second-order valence-electron chi connectivity index (χ2n) is 13.2. The maximum absolute atomic E-state index is 9.89. The smallest absolute Gasteiger partial charge is 0.197 e. The maximum atomic E-state index is 9.89. The van der Waals surface area contributed by atoms with Crippen molar-refractivity contribution in [3.8, 4) is 17.2 Å². The Kier molecular flexibility index (Phi) is 11.1. The highest BCUT2D eigenvalue weighted by Gasteiger charge is 2.36. The molecule has 218 valence electrons. The van der Waals surface area contributed by atoms with Crippen LogP contribution in [0.3, 0.4) is 0 Å². The second kappa shape index (κ2) is 14.1. The Morgan fingerprint density at radius 3 is 1.85 bits per heavy atom. The van der Waals surface area contributed by atoms with Crippen LogP contribution in [-0.4, -0.2) is 24.6 Å². The highest BCUT2D eigenvalue weighted by atomic mass is 16.7. The van der Waals surface area contributed by atoms with Gasteiger partial charge >= 0.3 is 0 Å². The number of hydrogen-bond donors (Lipinski definition) is 1. The van der Waals surface area contributed by atoms with Gasteiger partial charge in [-0.2, -0.15) is 0 Å². The van der Waals surface area contributed by atoms with Gasteiger partial charge in [0.25, 0.3) is 0 Å². The highest BCUT2D eigenvalue weighted by Crippen LogP contribution is 2.49. The molecule has 0 spiro atoms. The number of aromatic hydroxyl groups is 1. The first-order valence-electron chi connectivity index (χ1n) is 14.7. The lowest BCUT2D eigenvalue weighted by Gasteiger charge is -2.42. The van der Waals surface area contributed by atoms with Crippen LogP contribution in [0.5, 0.6) is 17.2 Å². The van der Waals surface area contributed by atoms with Gasteiger partial charge in [-0.3, -0.25) is 0 Å². The summed E-state index contributed by atoms with van der Waals surface area (Å²) in [6, 6.07) is 26.1. The van der Waals surface area contributed by atoms with Crippen LogP contribution < -0.4 is 9.47 Å². The lowest BCUT2D eigenvalue weighted by atomic mass is 9.63. The SMILES string of the molecule is CC(OCCOc1ccccc1)Oc1ccc(C(CC(C)(C)C(CC(C)(C)C)c2ccc(O)cc2)C(C)C)cc1. The van der Waals surface area contributed by atoms with Gasteiger partial charge in [-0.05, 0) is 95.9 Å². The molecule has 0 saturated heterocycles. The molecule has 0 aliphatic heterocycles. The minimum absolute atomic E-state index is 0.0541. The van der Waals surface area contributed by atoms with Crippen LogP contribution in [0.25, 0.3) is 0 Å². The number of ether oxygens (including phenoxy) is 3. The van der Waals surface area contributed by atoms with Crippen LogP contribution in [0.15, 0.2) is 78.9 Å². The summed E-state index contributed by atoms with van der Waals surface area (Å²) >= 11 is 0. The maximum Gasteiger partial charge on any atom is 0.197 e. The van der Waals surface area contributed by atoms with Crippen molar-refractivity contribution in [1.82, 2.24) is 0 Å². The van der Waals surface area contributed by atoms with Gasteiger partial charge in [0.15, 0.2) is 6.29 Å². The Hall–Kier alpha value is -2.98. The summed E-state index contributed by atoms with van der Waals surface area (Å²) in [5, 5.41) is 9.89. The molecule has 3 aromatic rings. The lowest BCUT2D eigenvalue weighted by Crippen LogP contribution is -2.29. The quantitative estimate of drug-likeness (QED) is 0.161. The predicted molar refractivity (Wildman–Crippen MR) is 165 cm³/mol. The van der Waals surface area contributed by atoms with Crippen LogP contribution in [0, 0.1) is 16.7 Å². The molecule has 0 fully saturated rings. The lowest BCUT2D eigenvalue weighted by molar-refractivity contribution is -0.0739. The summed E-state index contributed by atoms with van der Waals surface area (Å²) in [4.78, 5) is 0. The number of phenolic OH excluding ortho intramolecular Hbond substituents is 1. The minimum atomic E-state index is -0.367. The average molecular weight is 547 g/mol. The van der Waals surface area contributed by atoms with E-state index in [0.29, 0.717) is 36.7 Å². The molecule has 4 heteroatoms. The van der Waals surface area contributed by atoms with Gasteiger partial charge in [-0.25, -0.2) is 0 Å². The van der Waals surface area contributed by atoms with E-state index >= 15 is 0 Å². The molecule has 40 heavy (non-hydrogen) atoms. The third-order valence-electron chi connectivity index (χ3n) is 7.66. The Labute approximate surface area is 242 Å². The van der Waals surface area contributed by atoms with Crippen LogP contribution in [-0.2, 0) is 4.74 Å². The zero-order chi connectivity index (χ0) is 29.3. The van der Waals surface area contributed by atoms with Crippen molar-refractivity contribution >= 4 is 0 Å². The van der Waals surface area contributed by atoms with Crippen LogP contribution in [0.2, 0.25) is 0 Å². The van der Waals surface area contributed by atoms with Gasteiger partial charge in [0.05, 0.1) is 6.61 Å². The fourth-order valence-corrected chi connectivity index (χ4v) is 5.52.